The van der Waals surface area contributed by atoms with Crippen molar-refractivity contribution in [2.24, 2.45) is 0 Å². The van der Waals surface area contributed by atoms with Gasteiger partial charge in [0.1, 0.15) is 5.82 Å². The van der Waals surface area contributed by atoms with Crippen molar-refractivity contribution in [1.82, 2.24) is 15.5 Å². The van der Waals surface area contributed by atoms with Crippen LogP contribution in [0.4, 0.5) is 4.39 Å². The van der Waals surface area contributed by atoms with Crippen LogP contribution in [0.15, 0.2) is 58.2 Å². The lowest BCUT2D eigenvalue weighted by molar-refractivity contribution is -0.118. The third-order valence-electron chi connectivity index (χ3n) is 4.16. The van der Waals surface area contributed by atoms with Crippen molar-refractivity contribution in [1.29, 1.82) is 0 Å². The van der Waals surface area contributed by atoms with Crippen LogP contribution >= 0.6 is 11.8 Å². The van der Waals surface area contributed by atoms with Crippen LogP contribution < -0.4 is 5.32 Å². The molecule has 3 aromatic rings. The summed E-state index contributed by atoms with van der Waals surface area (Å²) in [6, 6.07) is 14.3. The molecule has 7 heteroatoms. The highest BCUT2D eigenvalue weighted by Gasteiger charge is 2.15. The lowest BCUT2D eigenvalue weighted by Gasteiger charge is -2.18. The monoisotopic (exact) mass is 399 g/mol. The molecule has 1 N–H and O–H groups in total. The van der Waals surface area contributed by atoms with Gasteiger partial charge in [0, 0.05) is 17.7 Å². The Labute approximate surface area is 167 Å². The highest BCUT2D eigenvalue weighted by molar-refractivity contribution is 7.99. The van der Waals surface area contributed by atoms with Gasteiger partial charge in [-0.25, -0.2) is 4.39 Å². The molecule has 0 spiro atoms. The molecule has 0 aliphatic carbocycles. The Morgan fingerprint density at radius 1 is 1.11 bits per heavy atom. The van der Waals surface area contributed by atoms with Crippen LogP contribution in [-0.2, 0) is 16.8 Å². The number of nitrogens with zero attached hydrogens (tertiary/aromatic N) is 2. The first kappa shape index (κ1) is 20.1. The summed E-state index contributed by atoms with van der Waals surface area (Å²) in [6.07, 6.45) is 0. The molecule has 1 amide bonds. The van der Waals surface area contributed by atoms with Gasteiger partial charge in [-0.1, -0.05) is 62.9 Å². The van der Waals surface area contributed by atoms with Gasteiger partial charge in [0.15, 0.2) is 0 Å². The van der Waals surface area contributed by atoms with E-state index in [-0.39, 0.29) is 29.4 Å². The van der Waals surface area contributed by atoms with E-state index < -0.39 is 0 Å². The molecule has 0 unspecified atom stereocenters. The smallest absolute Gasteiger partial charge is 0.277 e. The molecule has 1 heterocycles. The number of carbonyl (C=O) groups is 1. The van der Waals surface area contributed by atoms with Crippen LogP contribution in [0.2, 0.25) is 0 Å². The van der Waals surface area contributed by atoms with Crippen molar-refractivity contribution in [3.8, 4) is 11.5 Å². The van der Waals surface area contributed by atoms with Gasteiger partial charge in [-0.05, 0) is 29.2 Å². The third-order valence-corrected chi connectivity index (χ3v) is 4.98. The number of benzene rings is 2. The van der Waals surface area contributed by atoms with Crippen molar-refractivity contribution < 1.29 is 13.6 Å². The van der Waals surface area contributed by atoms with Gasteiger partial charge in [-0.3, -0.25) is 4.79 Å². The zero-order valence-corrected chi connectivity index (χ0v) is 16.8. The second-order valence-corrected chi connectivity index (χ2v) is 8.28. The van der Waals surface area contributed by atoms with Gasteiger partial charge < -0.3 is 9.73 Å². The molecule has 0 saturated carbocycles. The molecule has 0 radical (unpaired) electrons. The molecule has 146 valence electrons. The van der Waals surface area contributed by atoms with E-state index in [0.29, 0.717) is 16.7 Å². The van der Waals surface area contributed by atoms with E-state index in [0.717, 1.165) is 17.3 Å². The average Bonchev–Trinajstić information content (AvgIpc) is 3.14. The Kier molecular flexibility index (Phi) is 6.14. The molecule has 3 rings (SSSR count). The van der Waals surface area contributed by atoms with Crippen LogP contribution in [-0.4, -0.2) is 21.9 Å². The van der Waals surface area contributed by atoms with Gasteiger partial charge in [0.2, 0.25) is 11.8 Å². The lowest BCUT2D eigenvalue weighted by Crippen LogP contribution is -2.25. The Bertz CT molecular complexity index is 949. The van der Waals surface area contributed by atoms with E-state index in [4.69, 9.17) is 4.42 Å². The van der Waals surface area contributed by atoms with Crippen molar-refractivity contribution in [3.05, 3.63) is 65.5 Å². The van der Waals surface area contributed by atoms with Gasteiger partial charge in [-0.15, -0.1) is 10.2 Å². The maximum absolute atomic E-state index is 13.6. The average molecular weight is 399 g/mol. The number of rotatable bonds is 6. The molecule has 5 nitrogen and oxygen atoms in total. The summed E-state index contributed by atoms with van der Waals surface area (Å²) < 4.78 is 19.2. The second kappa shape index (κ2) is 8.56. The topological polar surface area (TPSA) is 68.0 Å². The Morgan fingerprint density at radius 3 is 2.50 bits per heavy atom. The summed E-state index contributed by atoms with van der Waals surface area (Å²) in [5.74, 6) is -0.0503. The molecule has 2 aromatic carbocycles. The van der Waals surface area contributed by atoms with E-state index in [1.807, 2.05) is 24.3 Å². The summed E-state index contributed by atoms with van der Waals surface area (Å²) >= 11 is 1.14. The predicted octanol–water partition coefficient (Wildman–Crippen LogP) is 4.58. The summed E-state index contributed by atoms with van der Waals surface area (Å²) in [5.41, 5.74) is 2.57. The first-order chi connectivity index (χ1) is 13.3. The molecule has 1 aromatic heterocycles. The van der Waals surface area contributed by atoms with E-state index in [1.54, 1.807) is 18.2 Å². The molecule has 0 fully saturated rings. The molecule has 0 atom stereocenters. The van der Waals surface area contributed by atoms with E-state index in [2.05, 4.69) is 36.3 Å². The lowest BCUT2D eigenvalue weighted by atomic mass is 9.87. The summed E-state index contributed by atoms with van der Waals surface area (Å²) in [5, 5.41) is 11.0. The fraction of sp³-hybridized carbons (Fsp3) is 0.286. The number of thioether (sulfide) groups is 1. The summed E-state index contributed by atoms with van der Waals surface area (Å²) in [7, 11) is 0. The molecular weight excluding hydrogens is 377 g/mol. The Morgan fingerprint density at radius 2 is 1.82 bits per heavy atom. The second-order valence-electron chi connectivity index (χ2n) is 7.36. The minimum absolute atomic E-state index is 0.0738. The molecule has 0 bridgehead atoms. The van der Waals surface area contributed by atoms with Gasteiger partial charge in [0.05, 0.1) is 5.75 Å². The number of aromatic nitrogens is 2. The normalized spacial score (nSPS) is 11.4. The van der Waals surface area contributed by atoms with Gasteiger partial charge in [0.25, 0.3) is 5.22 Å². The van der Waals surface area contributed by atoms with Crippen molar-refractivity contribution >= 4 is 17.7 Å². The minimum atomic E-state index is -0.338. The standard InChI is InChI=1S/C21H22FN3O2S/c1-21(2,3)16-10-8-14(9-11-16)19-24-25-20(27-19)28-13-18(26)23-12-15-6-4-5-7-17(15)22/h4-11H,12-13H2,1-3H3,(H,23,26). The number of halogens is 1. The SMILES string of the molecule is CC(C)(C)c1ccc(-c2nnc(SCC(=O)NCc3ccccc3F)o2)cc1. The maximum atomic E-state index is 13.6. The van der Waals surface area contributed by atoms with Crippen molar-refractivity contribution in [2.45, 2.75) is 38.0 Å². The summed E-state index contributed by atoms with van der Waals surface area (Å²) in [6.45, 7) is 6.60. The summed E-state index contributed by atoms with van der Waals surface area (Å²) in [4.78, 5) is 12.0. The Hall–Kier alpha value is -2.67. The van der Waals surface area contributed by atoms with E-state index in [9.17, 15) is 9.18 Å². The molecule has 0 aliphatic rings. The van der Waals surface area contributed by atoms with Gasteiger partial charge in [-0.2, -0.15) is 0 Å². The highest BCUT2D eigenvalue weighted by Crippen LogP contribution is 2.27. The fourth-order valence-corrected chi connectivity index (χ4v) is 3.10. The number of nitrogens with one attached hydrogen (secondary N) is 1. The number of hydrogen-bond acceptors (Lipinski definition) is 5. The van der Waals surface area contributed by atoms with E-state index in [1.165, 1.54) is 11.6 Å². The van der Waals surface area contributed by atoms with Crippen LogP contribution in [0.5, 0.6) is 0 Å². The Balaban J connectivity index is 1.53. The predicted molar refractivity (Wildman–Crippen MR) is 107 cm³/mol. The highest BCUT2D eigenvalue weighted by atomic mass is 32.2. The quantitative estimate of drug-likeness (QED) is 0.615. The zero-order valence-electron chi connectivity index (χ0n) is 16.0. The van der Waals surface area contributed by atoms with Crippen LogP contribution in [0, 0.1) is 5.82 Å². The fourth-order valence-electron chi connectivity index (χ4n) is 2.51. The number of carbonyl (C=O) groups excluding carboxylic acids is 1. The van der Waals surface area contributed by atoms with Crippen molar-refractivity contribution in [2.75, 3.05) is 5.75 Å². The molecule has 28 heavy (non-hydrogen) atoms. The van der Waals surface area contributed by atoms with Crippen LogP contribution in [0.25, 0.3) is 11.5 Å². The zero-order chi connectivity index (χ0) is 20.1. The van der Waals surface area contributed by atoms with Crippen LogP contribution in [0.1, 0.15) is 31.9 Å². The molecule has 0 aliphatic heterocycles. The minimum Gasteiger partial charge on any atom is -0.411 e. The third kappa shape index (κ3) is 5.19. The molecular formula is C21H22FN3O2S. The van der Waals surface area contributed by atoms with Crippen molar-refractivity contribution in [3.63, 3.8) is 0 Å². The largest absolute Gasteiger partial charge is 0.411 e. The first-order valence-electron chi connectivity index (χ1n) is 8.90. The molecule has 0 saturated heterocycles. The maximum Gasteiger partial charge on any atom is 0.277 e. The van der Waals surface area contributed by atoms with Gasteiger partial charge >= 0.3 is 0 Å². The van der Waals surface area contributed by atoms with Crippen LogP contribution in [0.3, 0.4) is 0 Å². The first-order valence-corrected chi connectivity index (χ1v) is 9.89. The number of hydrogen-bond donors (Lipinski definition) is 1. The van der Waals surface area contributed by atoms with E-state index >= 15 is 0 Å². The number of amides is 1.